The van der Waals surface area contributed by atoms with Crippen LogP contribution in [-0.2, 0) is 28.6 Å². The van der Waals surface area contributed by atoms with Crippen LogP contribution in [0.2, 0.25) is 0 Å². The second kappa shape index (κ2) is 58.3. The SMILES string of the molecule is CC/C=C\C/C=C\C/C=C\C/C=C\C/C=C\C/C=C\C/C=C\C/C=C\C/C=C\CCCC(=O)OCC(COC(=O)CCCCCCC/C=C\CCC)OC(=O)CCCC/C=C\C/C=C\C/C=C\C/C=C\CC. The molecule has 0 aliphatic carbocycles. The zero-order valence-corrected chi connectivity index (χ0v) is 45.6. The maximum atomic E-state index is 12.8. The van der Waals surface area contributed by atoms with Gasteiger partial charge < -0.3 is 14.2 Å². The van der Waals surface area contributed by atoms with Crippen LogP contribution in [0.4, 0.5) is 0 Å². The summed E-state index contributed by atoms with van der Waals surface area (Å²) in [5.74, 6) is -1.05. The van der Waals surface area contributed by atoms with Crippen molar-refractivity contribution in [2.45, 2.75) is 213 Å². The Hall–Kier alpha value is -5.23. The molecule has 1 atom stereocenters. The summed E-state index contributed by atoms with van der Waals surface area (Å²) in [6.45, 7) is 6.22. The van der Waals surface area contributed by atoms with E-state index in [2.05, 4.69) is 191 Å². The molecule has 0 spiro atoms. The summed E-state index contributed by atoms with van der Waals surface area (Å²) in [4.78, 5) is 38.0. The van der Waals surface area contributed by atoms with Crippen LogP contribution in [0, 0.1) is 0 Å². The average Bonchev–Trinajstić information content (AvgIpc) is 3.38. The molecule has 0 rings (SSSR count). The molecule has 0 heterocycles. The van der Waals surface area contributed by atoms with Crippen LogP contribution in [0.3, 0.4) is 0 Å². The van der Waals surface area contributed by atoms with Crippen molar-refractivity contribution in [1.82, 2.24) is 0 Å². The molecular weight excluding hydrogens is 889 g/mol. The summed E-state index contributed by atoms with van der Waals surface area (Å²) in [5.41, 5.74) is 0. The molecular formula is C66H100O6. The van der Waals surface area contributed by atoms with Crippen molar-refractivity contribution < 1.29 is 28.6 Å². The van der Waals surface area contributed by atoms with E-state index in [-0.39, 0.29) is 44.0 Å². The molecule has 0 saturated heterocycles. The molecule has 0 aromatic heterocycles. The molecule has 0 bridgehead atoms. The van der Waals surface area contributed by atoms with Crippen molar-refractivity contribution in [1.29, 1.82) is 0 Å². The van der Waals surface area contributed by atoms with Crippen molar-refractivity contribution in [3.05, 3.63) is 170 Å². The lowest BCUT2D eigenvalue weighted by Crippen LogP contribution is -2.30. The first-order valence-electron chi connectivity index (χ1n) is 28.1. The Balaban J connectivity index is 4.46. The molecule has 72 heavy (non-hydrogen) atoms. The van der Waals surface area contributed by atoms with E-state index in [9.17, 15) is 14.4 Å². The fourth-order valence-electron chi connectivity index (χ4n) is 6.79. The molecule has 0 N–H and O–H groups in total. The highest BCUT2D eigenvalue weighted by atomic mass is 16.6. The number of esters is 3. The molecule has 0 amide bonds. The number of hydrogen-bond acceptors (Lipinski definition) is 6. The molecule has 1 unspecified atom stereocenters. The topological polar surface area (TPSA) is 78.9 Å². The monoisotopic (exact) mass is 989 g/mol. The Labute approximate surface area is 441 Å². The summed E-state index contributed by atoms with van der Waals surface area (Å²) in [7, 11) is 0. The second-order valence-electron chi connectivity index (χ2n) is 17.7. The lowest BCUT2D eigenvalue weighted by Gasteiger charge is -2.18. The first kappa shape index (κ1) is 66.8. The van der Waals surface area contributed by atoms with Gasteiger partial charge in [0.25, 0.3) is 0 Å². The van der Waals surface area contributed by atoms with Gasteiger partial charge in [-0.3, -0.25) is 14.4 Å². The number of unbranched alkanes of at least 4 members (excludes halogenated alkanes) is 9. The third kappa shape index (κ3) is 55.7. The minimum Gasteiger partial charge on any atom is -0.462 e. The zero-order chi connectivity index (χ0) is 52.2. The summed E-state index contributed by atoms with van der Waals surface area (Å²) in [6.07, 6.45) is 86.5. The van der Waals surface area contributed by atoms with Gasteiger partial charge in [0.1, 0.15) is 13.2 Å². The number of carbonyl (C=O) groups is 3. The van der Waals surface area contributed by atoms with Crippen molar-refractivity contribution in [3.63, 3.8) is 0 Å². The molecule has 400 valence electrons. The molecule has 0 saturated carbocycles. The van der Waals surface area contributed by atoms with Gasteiger partial charge >= 0.3 is 17.9 Å². The van der Waals surface area contributed by atoms with Gasteiger partial charge in [-0.1, -0.05) is 217 Å². The van der Waals surface area contributed by atoms with Crippen molar-refractivity contribution in [2.75, 3.05) is 13.2 Å². The van der Waals surface area contributed by atoms with Crippen LogP contribution in [0.1, 0.15) is 207 Å². The highest BCUT2D eigenvalue weighted by molar-refractivity contribution is 5.71. The summed E-state index contributed by atoms with van der Waals surface area (Å²) in [6, 6.07) is 0. The minimum atomic E-state index is -0.835. The first-order valence-corrected chi connectivity index (χ1v) is 28.1. The Kier molecular flexibility index (Phi) is 54.1. The molecule has 0 fully saturated rings. The molecule has 0 aliphatic rings. The van der Waals surface area contributed by atoms with E-state index in [1.54, 1.807) is 0 Å². The zero-order valence-electron chi connectivity index (χ0n) is 45.6. The average molecular weight is 990 g/mol. The maximum absolute atomic E-state index is 12.8. The third-order valence-corrected chi connectivity index (χ3v) is 10.9. The van der Waals surface area contributed by atoms with Crippen LogP contribution in [0.15, 0.2) is 170 Å². The quantitative estimate of drug-likeness (QED) is 0.0262. The number of ether oxygens (including phenoxy) is 3. The van der Waals surface area contributed by atoms with Crippen molar-refractivity contribution in [2.24, 2.45) is 0 Å². The van der Waals surface area contributed by atoms with E-state index in [1.807, 2.05) is 0 Å². The molecule has 0 aromatic carbocycles. The summed E-state index contributed by atoms with van der Waals surface area (Å²) in [5, 5.41) is 0. The fraction of sp³-hybridized carbons (Fsp3) is 0.530. The molecule has 6 heteroatoms. The number of carbonyl (C=O) groups excluding carboxylic acids is 3. The highest BCUT2D eigenvalue weighted by Gasteiger charge is 2.19. The summed E-state index contributed by atoms with van der Waals surface area (Å²) < 4.78 is 16.7. The van der Waals surface area contributed by atoms with Crippen molar-refractivity contribution in [3.8, 4) is 0 Å². The third-order valence-electron chi connectivity index (χ3n) is 10.9. The van der Waals surface area contributed by atoms with Gasteiger partial charge in [0.2, 0.25) is 0 Å². The molecule has 0 aromatic rings. The standard InChI is InChI=1S/C66H100O6/c1-4-7-10-13-16-19-22-24-26-27-28-29-30-31-32-33-34-35-36-37-38-39-41-42-44-47-50-53-56-59-65(68)71-62-63(61-70-64(67)58-55-52-49-46-21-18-15-12-9-6-3)72-66(69)60-57-54-51-48-45-43-40-25-23-20-17-14-11-8-5-2/h7-8,10-12,15-17,19-20,24-26,28-29,31-32,34-35,37-38,40-42,45,47-48,50,63H,4-6,9,13-14,18,21-23,27,30,33,36,39,43-44,46,49,51-62H2,1-3H3/b10-7-,11-8-,15-12-,19-16-,20-17-,26-24-,29-28-,32-31-,35-34-,38-37-,40-25-,42-41-,48-45-,50-47-. The lowest BCUT2D eigenvalue weighted by molar-refractivity contribution is -0.167. The van der Waals surface area contributed by atoms with E-state index in [4.69, 9.17) is 14.2 Å². The van der Waals surface area contributed by atoms with Crippen LogP contribution in [0.25, 0.3) is 0 Å². The Morgan fingerprint density at radius 3 is 0.944 bits per heavy atom. The molecule has 0 aliphatic heterocycles. The van der Waals surface area contributed by atoms with Crippen LogP contribution < -0.4 is 0 Å². The smallest absolute Gasteiger partial charge is 0.306 e. The largest absolute Gasteiger partial charge is 0.462 e. The Morgan fingerprint density at radius 1 is 0.292 bits per heavy atom. The number of hydrogen-bond donors (Lipinski definition) is 0. The molecule has 6 nitrogen and oxygen atoms in total. The van der Waals surface area contributed by atoms with E-state index < -0.39 is 6.10 Å². The Bertz CT molecular complexity index is 1700. The highest BCUT2D eigenvalue weighted by Crippen LogP contribution is 2.11. The van der Waals surface area contributed by atoms with Crippen LogP contribution in [-0.4, -0.2) is 37.2 Å². The summed E-state index contributed by atoms with van der Waals surface area (Å²) >= 11 is 0. The van der Waals surface area contributed by atoms with Gasteiger partial charge in [0.05, 0.1) is 0 Å². The fourth-order valence-corrected chi connectivity index (χ4v) is 6.79. The van der Waals surface area contributed by atoms with E-state index in [0.717, 1.165) is 141 Å². The van der Waals surface area contributed by atoms with Gasteiger partial charge in [-0.05, 0) is 141 Å². The normalized spacial score (nSPS) is 13.4. The number of rotatable bonds is 48. The first-order chi connectivity index (χ1) is 35.5. The molecule has 0 radical (unpaired) electrons. The van der Waals surface area contributed by atoms with Gasteiger partial charge in [-0.2, -0.15) is 0 Å². The van der Waals surface area contributed by atoms with Gasteiger partial charge in [0.15, 0.2) is 6.10 Å². The van der Waals surface area contributed by atoms with Gasteiger partial charge in [0, 0.05) is 19.3 Å². The van der Waals surface area contributed by atoms with Crippen LogP contribution >= 0.6 is 0 Å². The van der Waals surface area contributed by atoms with E-state index in [0.29, 0.717) is 19.3 Å². The lowest BCUT2D eigenvalue weighted by atomic mass is 10.1. The Morgan fingerprint density at radius 2 is 0.556 bits per heavy atom. The predicted molar refractivity (Wildman–Crippen MR) is 311 cm³/mol. The minimum absolute atomic E-state index is 0.126. The predicted octanol–water partition coefficient (Wildman–Crippen LogP) is 19.1. The maximum Gasteiger partial charge on any atom is 0.306 e. The van der Waals surface area contributed by atoms with Gasteiger partial charge in [-0.25, -0.2) is 0 Å². The van der Waals surface area contributed by atoms with E-state index in [1.165, 1.54) is 12.8 Å². The van der Waals surface area contributed by atoms with Gasteiger partial charge in [-0.15, -0.1) is 0 Å². The van der Waals surface area contributed by atoms with Crippen LogP contribution in [0.5, 0.6) is 0 Å². The number of allylic oxidation sites excluding steroid dienone is 28. The second-order valence-corrected chi connectivity index (χ2v) is 17.7. The van der Waals surface area contributed by atoms with E-state index >= 15 is 0 Å². The van der Waals surface area contributed by atoms with Crippen molar-refractivity contribution >= 4 is 17.9 Å².